The smallest absolute Gasteiger partial charge is 0.269 e. The zero-order chi connectivity index (χ0) is 21.7. The molecule has 2 saturated heterocycles. The van der Waals surface area contributed by atoms with E-state index in [0.717, 1.165) is 41.0 Å². The van der Waals surface area contributed by atoms with Crippen molar-refractivity contribution in [2.75, 3.05) is 19.7 Å². The molecule has 4 aliphatic rings. The minimum atomic E-state index is -0.501. The van der Waals surface area contributed by atoms with Crippen LogP contribution in [0.3, 0.4) is 0 Å². The minimum Gasteiger partial charge on any atom is -0.498 e. The standard InChI is InChI=1S/C13H19N3O2.C8H13N.C3H4/c1-3-10-11(15-16-12(10)13(14)17)6-8(2)18-7-9-4-5-9;1-3-8-4-6-9(8)5-2-7(1)8;1-3-2/h6,9H,3-5,7H2,1-2H3,(H2,14,17)(H,15,16);7H,1-6H2;1H,2H3/b8-6+;;. The summed E-state index contributed by atoms with van der Waals surface area (Å²) in [4.78, 5) is 13.9. The average Bonchev–Trinajstić information content (AvgIpc) is 3.38. The largest absolute Gasteiger partial charge is 0.498 e. The second-order valence-electron chi connectivity index (χ2n) is 8.85. The van der Waals surface area contributed by atoms with Gasteiger partial charge in [-0.15, -0.1) is 12.3 Å². The van der Waals surface area contributed by atoms with E-state index in [2.05, 4.69) is 27.4 Å². The number of aromatic amines is 1. The highest BCUT2D eigenvalue weighted by atomic mass is 16.5. The average molecular weight is 413 g/mol. The number of nitrogens with two attached hydrogens (primary N) is 1. The fraction of sp³-hybridized carbons (Fsp3) is 0.667. The van der Waals surface area contributed by atoms with Gasteiger partial charge in [0.05, 0.1) is 18.1 Å². The van der Waals surface area contributed by atoms with Crippen LogP contribution in [0.5, 0.6) is 0 Å². The van der Waals surface area contributed by atoms with Crippen molar-refractivity contribution in [2.45, 2.75) is 71.3 Å². The number of terminal acetylenes is 1. The first-order valence-corrected chi connectivity index (χ1v) is 11.3. The summed E-state index contributed by atoms with van der Waals surface area (Å²) in [6.45, 7) is 9.14. The molecule has 2 aliphatic heterocycles. The Kier molecular flexibility index (Phi) is 7.25. The summed E-state index contributed by atoms with van der Waals surface area (Å²) < 4.78 is 5.64. The van der Waals surface area contributed by atoms with Crippen molar-refractivity contribution >= 4 is 12.0 Å². The topological polar surface area (TPSA) is 84.2 Å². The lowest BCUT2D eigenvalue weighted by molar-refractivity contribution is -0.0659. The van der Waals surface area contributed by atoms with Gasteiger partial charge in [0.2, 0.25) is 0 Å². The number of carbonyl (C=O) groups excluding carboxylic acids is 1. The highest BCUT2D eigenvalue weighted by molar-refractivity contribution is 5.93. The lowest BCUT2D eigenvalue weighted by atomic mass is 9.62. The molecule has 1 spiro atoms. The molecule has 5 rings (SSSR count). The molecule has 0 aromatic carbocycles. The first-order valence-electron chi connectivity index (χ1n) is 11.3. The Balaban J connectivity index is 0.000000174. The summed E-state index contributed by atoms with van der Waals surface area (Å²) in [6.07, 6.45) is 15.8. The van der Waals surface area contributed by atoms with Crippen molar-refractivity contribution in [1.29, 1.82) is 0 Å². The molecule has 2 atom stereocenters. The molecule has 0 bridgehead atoms. The van der Waals surface area contributed by atoms with Crippen LogP contribution in [0.2, 0.25) is 0 Å². The molecule has 30 heavy (non-hydrogen) atoms. The predicted octanol–water partition coefficient (Wildman–Crippen LogP) is 3.74. The van der Waals surface area contributed by atoms with E-state index in [9.17, 15) is 4.79 Å². The number of carbonyl (C=O) groups is 1. The molecule has 2 saturated carbocycles. The molecular formula is C24H36N4O2. The van der Waals surface area contributed by atoms with E-state index in [4.69, 9.17) is 10.5 Å². The summed E-state index contributed by atoms with van der Waals surface area (Å²) in [6, 6.07) is 0. The third-order valence-electron chi connectivity index (χ3n) is 6.95. The van der Waals surface area contributed by atoms with Crippen molar-refractivity contribution in [3.05, 3.63) is 22.7 Å². The first kappa shape index (κ1) is 22.4. The van der Waals surface area contributed by atoms with Crippen LogP contribution in [0.1, 0.15) is 81.0 Å². The van der Waals surface area contributed by atoms with Crippen LogP contribution in [-0.2, 0) is 11.2 Å². The van der Waals surface area contributed by atoms with Crippen LogP contribution in [0.25, 0.3) is 6.08 Å². The lowest BCUT2D eigenvalue weighted by Crippen LogP contribution is -2.63. The highest BCUT2D eigenvalue weighted by Gasteiger charge is 2.59. The second-order valence-corrected chi connectivity index (χ2v) is 8.85. The lowest BCUT2D eigenvalue weighted by Gasteiger charge is -2.58. The molecule has 1 aromatic heterocycles. The Morgan fingerprint density at radius 1 is 1.37 bits per heavy atom. The Labute approximate surface area is 180 Å². The number of hydrogen-bond donors (Lipinski definition) is 2. The summed E-state index contributed by atoms with van der Waals surface area (Å²) in [5, 5.41) is 6.78. The van der Waals surface area contributed by atoms with E-state index in [1.807, 2.05) is 19.9 Å². The molecule has 1 amide bonds. The zero-order valence-electron chi connectivity index (χ0n) is 18.7. The quantitative estimate of drug-likeness (QED) is 0.551. The Morgan fingerprint density at radius 3 is 2.53 bits per heavy atom. The molecule has 3 N–H and O–H groups in total. The van der Waals surface area contributed by atoms with Crippen LogP contribution in [0, 0.1) is 24.2 Å². The number of rotatable bonds is 6. The maximum absolute atomic E-state index is 11.2. The molecule has 2 unspecified atom stereocenters. The predicted molar refractivity (Wildman–Crippen MR) is 120 cm³/mol. The molecular weight excluding hydrogens is 376 g/mol. The summed E-state index contributed by atoms with van der Waals surface area (Å²) >= 11 is 0. The van der Waals surface area contributed by atoms with E-state index in [-0.39, 0.29) is 0 Å². The molecule has 6 heteroatoms. The Morgan fingerprint density at radius 2 is 2.10 bits per heavy atom. The van der Waals surface area contributed by atoms with E-state index >= 15 is 0 Å². The van der Waals surface area contributed by atoms with E-state index in [0.29, 0.717) is 12.1 Å². The third-order valence-corrected chi connectivity index (χ3v) is 6.95. The first-order chi connectivity index (χ1) is 14.4. The number of amides is 1. The number of allylic oxidation sites excluding steroid dienone is 1. The van der Waals surface area contributed by atoms with E-state index in [1.54, 1.807) is 6.92 Å². The summed E-state index contributed by atoms with van der Waals surface area (Å²) in [5.41, 5.74) is 8.04. The van der Waals surface area contributed by atoms with Crippen LogP contribution in [-0.4, -0.2) is 46.2 Å². The van der Waals surface area contributed by atoms with Crippen LogP contribution >= 0.6 is 0 Å². The number of H-pyrrole nitrogens is 1. The number of nitrogens with zero attached hydrogens (tertiary/aromatic N) is 2. The summed E-state index contributed by atoms with van der Waals surface area (Å²) in [7, 11) is 0. The number of nitrogens with one attached hydrogen (secondary N) is 1. The third kappa shape index (κ3) is 4.73. The van der Waals surface area contributed by atoms with Crippen LogP contribution < -0.4 is 5.73 Å². The van der Waals surface area contributed by atoms with Crippen molar-refractivity contribution in [3.63, 3.8) is 0 Å². The molecule has 4 fully saturated rings. The number of hydrogen-bond acceptors (Lipinski definition) is 4. The van der Waals surface area contributed by atoms with Gasteiger partial charge in [0.1, 0.15) is 0 Å². The van der Waals surface area contributed by atoms with Gasteiger partial charge in [0.25, 0.3) is 5.91 Å². The number of aromatic nitrogens is 2. The maximum Gasteiger partial charge on any atom is 0.269 e. The highest BCUT2D eigenvalue weighted by Crippen LogP contribution is 2.57. The maximum atomic E-state index is 11.2. The van der Waals surface area contributed by atoms with Gasteiger partial charge >= 0.3 is 0 Å². The zero-order valence-corrected chi connectivity index (χ0v) is 18.7. The van der Waals surface area contributed by atoms with Crippen molar-refractivity contribution in [2.24, 2.45) is 17.6 Å². The molecule has 6 nitrogen and oxygen atoms in total. The van der Waals surface area contributed by atoms with Crippen molar-refractivity contribution in [1.82, 2.24) is 15.1 Å². The molecule has 1 aromatic rings. The van der Waals surface area contributed by atoms with Crippen LogP contribution in [0.15, 0.2) is 5.76 Å². The summed E-state index contributed by atoms with van der Waals surface area (Å²) in [5.74, 6) is 4.43. The van der Waals surface area contributed by atoms with E-state index in [1.165, 1.54) is 51.6 Å². The fourth-order valence-electron chi connectivity index (χ4n) is 4.88. The normalized spacial score (nSPS) is 26.3. The van der Waals surface area contributed by atoms with Gasteiger partial charge in [-0.2, -0.15) is 5.10 Å². The van der Waals surface area contributed by atoms with Gasteiger partial charge < -0.3 is 10.5 Å². The second kappa shape index (κ2) is 9.70. The monoisotopic (exact) mass is 412 g/mol. The van der Waals surface area contributed by atoms with Crippen molar-refractivity contribution < 1.29 is 9.53 Å². The van der Waals surface area contributed by atoms with Crippen molar-refractivity contribution in [3.8, 4) is 12.3 Å². The molecule has 3 heterocycles. The number of primary amides is 1. The van der Waals surface area contributed by atoms with Gasteiger partial charge in [0, 0.05) is 23.7 Å². The molecule has 0 radical (unpaired) electrons. The van der Waals surface area contributed by atoms with Gasteiger partial charge in [-0.25, -0.2) is 0 Å². The minimum absolute atomic E-state index is 0.318. The van der Waals surface area contributed by atoms with Gasteiger partial charge in [-0.1, -0.05) is 6.92 Å². The molecule has 2 aliphatic carbocycles. The van der Waals surface area contributed by atoms with Crippen LogP contribution in [0.4, 0.5) is 0 Å². The van der Waals surface area contributed by atoms with Gasteiger partial charge in [0.15, 0.2) is 5.69 Å². The Bertz CT molecular complexity index is 798. The fourth-order valence-corrected chi connectivity index (χ4v) is 4.88. The SMILES string of the molecule is C#CC.C1CN2CCC23CCC13.CCc1c(C(N)=O)n[nH]c1/C=C(\C)OCC1CC1. The number of ether oxygens (including phenoxy) is 1. The van der Waals surface area contributed by atoms with Gasteiger partial charge in [-0.05, 0) is 77.2 Å². The van der Waals surface area contributed by atoms with Gasteiger partial charge in [-0.3, -0.25) is 14.8 Å². The van der Waals surface area contributed by atoms with E-state index < -0.39 is 5.91 Å². The Hall–Kier alpha value is -2.26. The molecule has 164 valence electrons.